The molecule has 2 saturated heterocycles. The van der Waals surface area contributed by atoms with Crippen molar-refractivity contribution in [2.45, 2.75) is 127 Å². The van der Waals surface area contributed by atoms with E-state index in [0.29, 0.717) is 38.0 Å². The topological polar surface area (TPSA) is 148 Å². The van der Waals surface area contributed by atoms with E-state index in [2.05, 4.69) is 54.1 Å². The zero-order valence-electron chi connectivity index (χ0n) is 37.9. The molecule has 342 valence electrons. The molecule has 2 aliphatic heterocycles. The molecule has 12 heteroatoms. The van der Waals surface area contributed by atoms with Crippen molar-refractivity contribution in [1.82, 2.24) is 30.7 Å². The Kier molecular flexibility index (Phi) is 16.3. The van der Waals surface area contributed by atoms with Gasteiger partial charge >= 0.3 is 0 Å². The highest BCUT2D eigenvalue weighted by Crippen LogP contribution is 2.42. The van der Waals surface area contributed by atoms with Gasteiger partial charge in [0, 0.05) is 74.2 Å². The first-order valence-electron chi connectivity index (χ1n) is 24.1. The van der Waals surface area contributed by atoms with E-state index in [1.54, 1.807) is 39.0 Å². The molecule has 0 bridgehead atoms. The highest BCUT2D eigenvalue weighted by Gasteiger charge is 2.49. The first-order chi connectivity index (χ1) is 31.2. The number of carbonyl (C=O) groups is 6. The minimum absolute atomic E-state index is 0.0341. The van der Waals surface area contributed by atoms with Gasteiger partial charge in [-0.15, -0.1) is 0 Å². The van der Waals surface area contributed by atoms with Gasteiger partial charge in [-0.1, -0.05) is 126 Å². The zero-order valence-corrected chi connectivity index (χ0v) is 37.9. The lowest BCUT2D eigenvalue weighted by Crippen LogP contribution is -2.54. The van der Waals surface area contributed by atoms with Crippen molar-refractivity contribution >= 4 is 35.4 Å². The van der Waals surface area contributed by atoms with Crippen molar-refractivity contribution in [2.75, 3.05) is 39.3 Å². The van der Waals surface area contributed by atoms with Crippen molar-refractivity contribution in [3.8, 4) is 0 Å². The van der Waals surface area contributed by atoms with Gasteiger partial charge in [-0.2, -0.15) is 0 Å². The van der Waals surface area contributed by atoms with Crippen molar-refractivity contribution in [1.29, 1.82) is 0 Å². The van der Waals surface area contributed by atoms with Crippen molar-refractivity contribution in [3.05, 3.63) is 107 Å². The van der Waals surface area contributed by atoms with Gasteiger partial charge in [-0.3, -0.25) is 28.8 Å². The maximum Gasteiger partial charge on any atom is 0.253 e. The molecule has 7 atom stereocenters. The zero-order chi connectivity index (χ0) is 45.0. The van der Waals surface area contributed by atoms with Crippen LogP contribution in [-0.4, -0.2) is 108 Å². The number of hydrogen-bond donors (Lipinski definition) is 3. The molecule has 7 rings (SSSR count). The largest absolute Gasteiger partial charge is 0.354 e. The third kappa shape index (κ3) is 12.0. The molecule has 0 aromatic heterocycles. The number of nitrogens with one attached hydrogen (secondary N) is 3. The fraction of sp³-hybridized carbons (Fsp3) is 0.538. The number of benzene rings is 3. The van der Waals surface area contributed by atoms with Crippen LogP contribution >= 0.6 is 0 Å². The maximum absolute atomic E-state index is 14.3. The summed E-state index contributed by atoms with van der Waals surface area (Å²) in [6, 6.07) is 25.8. The lowest BCUT2D eigenvalue weighted by atomic mass is 9.94. The van der Waals surface area contributed by atoms with Gasteiger partial charge in [0.2, 0.25) is 23.6 Å². The highest BCUT2D eigenvalue weighted by atomic mass is 16.2. The Morgan fingerprint density at radius 1 is 0.562 bits per heavy atom. The molecule has 0 radical (unpaired) electrons. The fourth-order valence-corrected chi connectivity index (χ4v) is 9.68. The van der Waals surface area contributed by atoms with Gasteiger partial charge in [0.05, 0.1) is 18.4 Å². The monoisotopic (exact) mass is 873 g/mol. The molecule has 64 heavy (non-hydrogen) atoms. The summed E-state index contributed by atoms with van der Waals surface area (Å²) < 4.78 is 0. The van der Waals surface area contributed by atoms with E-state index in [4.69, 9.17) is 0 Å². The molecular weight excluding hydrogens is 805 g/mol. The smallest absolute Gasteiger partial charge is 0.253 e. The Balaban J connectivity index is 1.03. The van der Waals surface area contributed by atoms with Crippen LogP contribution in [0.5, 0.6) is 0 Å². The Morgan fingerprint density at radius 2 is 1.09 bits per heavy atom. The average molecular weight is 873 g/mol. The lowest BCUT2D eigenvalue weighted by Gasteiger charge is -2.31. The van der Waals surface area contributed by atoms with Crippen molar-refractivity contribution < 1.29 is 28.8 Å². The van der Waals surface area contributed by atoms with E-state index >= 15 is 0 Å². The predicted molar refractivity (Wildman–Crippen MR) is 247 cm³/mol. The third-order valence-corrected chi connectivity index (χ3v) is 13.7. The van der Waals surface area contributed by atoms with Gasteiger partial charge in [0.15, 0.2) is 0 Å². The van der Waals surface area contributed by atoms with Crippen molar-refractivity contribution in [3.63, 3.8) is 0 Å². The van der Waals surface area contributed by atoms with Crippen LogP contribution in [0, 0.1) is 11.8 Å². The van der Waals surface area contributed by atoms with Gasteiger partial charge in [-0.25, -0.2) is 0 Å². The quantitative estimate of drug-likeness (QED) is 0.106. The number of nitrogens with zero attached hydrogens (tertiary/aromatic N) is 3. The summed E-state index contributed by atoms with van der Waals surface area (Å²) >= 11 is 0. The normalized spacial score (nSPS) is 23.8. The van der Waals surface area contributed by atoms with E-state index in [1.807, 2.05) is 36.4 Å². The molecule has 12 nitrogen and oxygen atoms in total. The summed E-state index contributed by atoms with van der Waals surface area (Å²) in [6.45, 7) is 5.73. The van der Waals surface area contributed by atoms with Crippen molar-refractivity contribution in [2.24, 2.45) is 11.8 Å². The van der Waals surface area contributed by atoms with Gasteiger partial charge in [0.1, 0.15) is 6.04 Å². The molecule has 0 spiro atoms. The van der Waals surface area contributed by atoms with Crippen LogP contribution in [0.4, 0.5) is 0 Å². The molecule has 3 N–H and O–H groups in total. The molecule has 4 fully saturated rings. The Bertz CT molecular complexity index is 2000. The van der Waals surface area contributed by atoms with Gasteiger partial charge < -0.3 is 30.7 Å². The SMILES string of the molecule is CCCCCCCC(=O)N1CCCN(C(=O)c2cccc(C(=O)N3C[C@@H](C(=O)N[C@H]4C[C@@H]4c4ccccc4)[C@H](C(=O)N[C@H]4C[C@@H]4c4ccccc4)C3)c2)C[C@@H]1C(=O)NCCCCCC. The minimum atomic E-state index is -0.821. The number of likely N-dealkylation sites (tertiary alicyclic amines) is 1. The number of unbranched alkanes of at least 4 members (excludes halogenated alkanes) is 7. The molecule has 2 saturated carbocycles. The van der Waals surface area contributed by atoms with Crippen LogP contribution in [-0.2, 0) is 19.2 Å². The summed E-state index contributed by atoms with van der Waals surface area (Å²) in [5.74, 6) is -2.53. The first kappa shape index (κ1) is 46.5. The van der Waals surface area contributed by atoms with Crippen LogP contribution < -0.4 is 16.0 Å². The molecule has 2 heterocycles. The molecule has 2 aliphatic carbocycles. The van der Waals surface area contributed by atoms with Gasteiger partial charge in [0.25, 0.3) is 11.8 Å². The molecule has 0 unspecified atom stereocenters. The average Bonchev–Trinajstić information content (AvgIpc) is 4.24. The maximum atomic E-state index is 14.3. The van der Waals surface area contributed by atoms with E-state index in [-0.39, 0.29) is 84.6 Å². The Hall–Kier alpha value is -5.52. The second-order valence-electron chi connectivity index (χ2n) is 18.5. The minimum Gasteiger partial charge on any atom is -0.354 e. The highest BCUT2D eigenvalue weighted by molar-refractivity contribution is 6.01. The Morgan fingerprint density at radius 3 is 1.66 bits per heavy atom. The molecule has 3 aromatic carbocycles. The molecule has 6 amide bonds. The molecule has 3 aromatic rings. The first-order valence-corrected chi connectivity index (χ1v) is 24.1. The van der Waals surface area contributed by atoms with E-state index in [9.17, 15) is 28.8 Å². The molecule has 4 aliphatic rings. The fourth-order valence-electron chi connectivity index (χ4n) is 9.68. The number of amides is 6. The van der Waals surface area contributed by atoms with E-state index < -0.39 is 17.9 Å². The number of hydrogen-bond acceptors (Lipinski definition) is 6. The summed E-state index contributed by atoms with van der Waals surface area (Å²) in [4.78, 5) is 89.0. The number of carbonyl (C=O) groups excluding carboxylic acids is 6. The lowest BCUT2D eigenvalue weighted by molar-refractivity contribution is -0.140. The molecular formula is C52H68N6O6. The van der Waals surface area contributed by atoms with Crippen LogP contribution in [0.3, 0.4) is 0 Å². The summed E-state index contributed by atoms with van der Waals surface area (Å²) in [7, 11) is 0. The van der Waals surface area contributed by atoms with Crippen LogP contribution in [0.25, 0.3) is 0 Å². The number of rotatable bonds is 20. The van der Waals surface area contributed by atoms with Crippen LogP contribution in [0.1, 0.15) is 141 Å². The Labute approximate surface area is 379 Å². The summed E-state index contributed by atoms with van der Waals surface area (Å²) in [6.07, 6.45) is 11.6. The summed E-state index contributed by atoms with van der Waals surface area (Å²) in [5, 5.41) is 9.44. The predicted octanol–water partition coefficient (Wildman–Crippen LogP) is 6.82. The second-order valence-corrected chi connectivity index (χ2v) is 18.5. The van der Waals surface area contributed by atoms with Crippen LogP contribution in [0.15, 0.2) is 84.9 Å². The van der Waals surface area contributed by atoms with E-state index in [1.165, 1.54) is 0 Å². The van der Waals surface area contributed by atoms with Gasteiger partial charge in [-0.05, 0) is 61.4 Å². The van der Waals surface area contributed by atoms with E-state index in [0.717, 1.165) is 81.8 Å². The summed E-state index contributed by atoms with van der Waals surface area (Å²) in [5.41, 5.74) is 2.90. The standard InChI is InChI=1S/C52H68N6O6/c1-3-5-7-9-16-26-47(59)58-29-19-28-56(35-46(58)50(62)53-27-17-8-6-4-2)51(63)38-24-18-25-39(30-38)52(64)57-33-42(48(60)54-44-31-40(44)36-20-12-10-13-21-36)43(34-57)49(61)55-45-32-41(45)37-22-14-11-15-23-37/h10-15,18,20-25,30,40-46H,3-9,16-17,19,26-29,31-35H2,1-2H3,(H,53,62)(H,54,60)(H,55,61)/t40-,41-,42-,43-,44+,45+,46-/m1/s1. The van der Waals surface area contributed by atoms with Crippen LogP contribution in [0.2, 0.25) is 0 Å². The second kappa shape index (κ2) is 22.4. The third-order valence-electron chi connectivity index (χ3n) is 13.7.